The molecule has 0 amide bonds. The highest BCUT2D eigenvalue weighted by Crippen LogP contribution is 2.14. The fourth-order valence-corrected chi connectivity index (χ4v) is 1.28. The first kappa shape index (κ1) is 10.6. The Morgan fingerprint density at radius 3 is 3.00 bits per heavy atom. The Bertz CT molecular complexity index is 269. The third-order valence-corrected chi connectivity index (χ3v) is 2.58. The molecule has 0 aliphatic heterocycles. The number of alkyl halides is 1. The van der Waals surface area contributed by atoms with E-state index in [1.54, 1.807) is 18.1 Å². The topological polar surface area (TPSA) is 37.8 Å². The summed E-state index contributed by atoms with van der Waals surface area (Å²) < 4.78 is 0. The summed E-state index contributed by atoms with van der Waals surface area (Å²) in [5.41, 5.74) is 0. The molecule has 0 bridgehead atoms. The highest BCUT2D eigenvalue weighted by molar-refractivity contribution is 7.98. The number of nitrogens with one attached hydrogen (secondary N) is 1. The summed E-state index contributed by atoms with van der Waals surface area (Å²) in [6.45, 7) is 2.01. The monoisotopic (exact) mass is 217 g/mol. The maximum atomic E-state index is 5.66. The molecular formula is C8H12ClN3S. The Balaban J connectivity index is 2.66. The van der Waals surface area contributed by atoms with E-state index in [9.17, 15) is 0 Å². The Labute approximate surface area is 87.3 Å². The van der Waals surface area contributed by atoms with Crippen molar-refractivity contribution in [3.63, 3.8) is 0 Å². The molecular weight excluding hydrogens is 206 g/mol. The lowest BCUT2D eigenvalue weighted by Crippen LogP contribution is -2.17. The van der Waals surface area contributed by atoms with Crippen LogP contribution < -0.4 is 5.32 Å². The van der Waals surface area contributed by atoms with Crippen molar-refractivity contribution in [1.29, 1.82) is 0 Å². The quantitative estimate of drug-likeness (QED) is 0.477. The molecule has 1 N–H and O–H groups in total. The van der Waals surface area contributed by atoms with Crippen LogP contribution in [0.15, 0.2) is 17.4 Å². The minimum Gasteiger partial charge on any atom is -0.366 e. The van der Waals surface area contributed by atoms with Gasteiger partial charge in [0.05, 0.1) is 0 Å². The van der Waals surface area contributed by atoms with Crippen molar-refractivity contribution >= 4 is 29.2 Å². The van der Waals surface area contributed by atoms with Crippen LogP contribution in [0.5, 0.6) is 0 Å². The maximum absolute atomic E-state index is 5.66. The van der Waals surface area contributed by atoms with E-state index in [2.05, 4.69) is 15.3 Å². The molecule has 0 fully saturated rings. The van der Waals surface area contributed by atoms with E-state index in [-0.39, 0.29) is 6.04 Å². The van der Waals surface area contributed by atoms with Gasteiger partial charge in [-0.05, 0) is 13.2 Å². The third-order valence-electron chi connectivity index (χ3n) is 1.48. The van der Waals surface area contributed by atoms with Crippen molar-refractivity contribution in [2.24, 2.45) is 0 Å². The van der Waals surface area contributed by atoms with Crippen LogP contribution in [-0.2, 0) is 0 Å². The summed E-state index contributed by atoms with van der Waals surface area (Å²) in [5, 5.41) is 4.13. The molecule has 0 aliphatic rings. The molecule has 13 heavy (non-hydrogen) atoms. The van der Waals surface area contributed by atoms with Gasteiger partial charge in [-0.3, -0.25) is 0 Å². The van der Waals surface area contributed by atoms with E-state index in [1.165, 1.54) is 0 Å². The molecule has 0 radical (unpaired) electrons. The maximum Gasteiger partial charge on any atom is 0.130 e. The third kappa shape index (κ3) is 3.40. The largest absolute Gasteiger partial charge is 0.366 e. The number of nitrogens with zero attached hydrogens (tertiary/aromatic N) is 2. The van der Waals surface area contributed by atoms with Gasteiger partial charge in [0.15, 0.2) is 0 Å². The number of halogens is 1. The second kappa shape index (κ2) is 5.29. The van der Waals surface area contributed by atoms with E-state index in [1.807, 2.05) is 19.2 Å². The van der Waals surface area contributed by atoms with Gasteiger partial charge in [-0.2, -0.15) is 0 Å². The molecule has 1 aromatic heterocycles. The summed E-state index contributed by atoms with van der Waals surface area (Å²) in [6, 6.07) is 2.14. The van der Waals surface area contributed by atoms with Gasteiger partial charge >= 0.3 is 0 Å². The molecule has 1 unspecified atom stereocenters. The first-order chi connectivity index (χ1) is 6.26. The number of hydrogen-bond donors (Lipinski definition) is 1. The molecule has 0 aromatic carbocycles. The highest BCUT2D eigenvalue weighted by atomic mass is 35.5. The zero-order valence-corrected chi connectivity index (χ0v) is 9.19. The molecule has 0 saturated heterocycles. The minimum atomic E-state index is 0.228. The van der Waals surface area contributed by atoms with Crippen LogP contribution in [0.2, 0.25) is 0 Å². The summed E-state index contributed by atoms with van der Waals surface area (Å²) >= 11 is 7.26. The number of rotatable bonds is 4. The molecule has 0 spiro atoms. The van der Waals surface area contributed by atoms with Gasteiger partial charge in [0.1, 0.15) is 17.2 Å². The van der Waals surface area contributed by atoms with Crippen molar-refractivity contribution in [3.8, 4) is 0 Å². The van der Waals surface area contributed by atoms with Gasteiger partial charge in [0.25, 0.3) is 0 Å². The molecule has 5 heteroatoms. The smallest absolute Gasteiger partial charge is 0.130 e. The van der Waals surface area contributed by atoms with Crippen LogP contribution in [0.4, 0.5) is 5.82 Å². The van der Waals surface area contributed by atoms with Gasteiger partial charge < -0.3 is 5.32 Å². The average Bonchev–Trinajstić information content (AvgIpc) is 2.18. The predicted octanol–water partition coefficient (Wildman–Crippen LogP) is 2.24. The first-order valence-corrected chi connectivity index (χ1v) is 5.70. The molecule has 3 nitrogen and oxygen atoms in total. The Kier molecular flexibility index (Phi) is 4.32. The van der Waals surface area contributed by atoms with Crippen LogP contribution in [0.25, 0.3) is 0 Å². The minimum absolute atomic E-state index is 0.228. The molecule has 1 heterocycles. The zero-order valence-electron chi connectivity index (χ0n) is 7.62. The lowest BCUT2D eigenvalue weighted by atomic mass is 10.4. The van der Waals surface area contributed by atoms with Crippen LogP contribution in [0.3, 0.4) is 0 Å². The molecule has 1 atom stereocenters. The van der Waals surface area contributed by atoms with Gasteiger partial charge in [-0.1, -0.05) is 0 Å². The Hall–Kier alpha value is -0.480. The number of hydrogen-bond acceptors (Lipinski definition) is 4. The molecule has 0 aliphatic carbocycles. The average molecular weight is 218 g/mol. The number of thioether (sulfide) groups is 1. The second-order valence-corrected chi connectivity index (χ2v) is 3.78. The zero-order chi connectivity index (χ0) is 9.68. The standard InChI is InChI=1S/C8H12ClN3S/c1-6(4-9)12-7-3-8(13-2)11-5-10-7/h3,5-6H,4H2,1-2H3,(H,10,11,12). The molecule has 1 aromatic rings. The SMILES string of the molecule is CSc1cc(NC(C)CCl)ncn1. The fraction of sp³-hybridized carbons (Fsp3) is 0.500. The van der Waals surface area contributed by atoms with Gasteiger partial charge in [-0.15, -0.1) is 23.4 Å². The van der Waals surface area contributed by atoms with E-state index in [0.717, 1.165) is 10.8 Å². The van der Waals surface area contributed by atoms with E-state index >= 15 is 0 Å². The van der Waals surface area contributed by atoms with E-state index in [4.69, 9.17) is 11.6 Å². The van der Waals surface area contributed by atoms with E-state index < -0.39 is 0 Å². The van der Waals surface area contributed by atoms with Gasteiger partial charge in [-0.25, -0.2) is 9.97 Å². The molecule has 1 rings (SSSR count). The second-order valence-electron chi connectivity index (χ2n) is 2.65. The molecule has 0 saturated carbocycles. The van der Waals surface area contributed by atoms with Crippen molar-refractivity contribution in [2.45, 2.75) is 18.0 Å². The summed E-state index contributed by atoms with van der Waals surface area (Å²) in [7, 11) is 0. The Morgan fingerprint density at radius 2 is 2.38 bits per heavy atom. The van der Waals surface area contributed by atoms with Crippen molar-refractivity contribution < 1.29 is 0 Å². The normalized spacial score (nSPS) is 12.5. The lowest BCUT2D eigenvalue weighted by molar-refractivity contribution is 0.887. The van der Waals surface area contributed by atoms with Crippen molar-refractivity contribution in [1.82, 2.24) is 9.97 Å². The lowest BCUT2D eigenvalue weighted by Gasteiger charge is -2.10. The van der Waals surface area contributed by atoms with Gasteiger partial charge in [0, 0.05) is 18.0 Å². The van der Waals surface area contributed by atoms with Crippen LogP contribution in [-0.4, -0.2) is 28.1 Å². The first-order valence-electron chi connectivity index (χ1n) is 3.94. The summed E-state index contributed by atoms with van der Waals surface area (Å²) in [4.78, 5) is 8.15. The molecule has 72 valence electrons. The number of aromatic nitrogens is 2. The predicted molar refractivity (Wildman–Crippen MR) is 57.6 cm³/mol. The van der Waals surface area contributed by atoms with E-state index in [0.29, 0.717) is 5.88 Å². The Morgan fingerprint density at radius 1 is 1.62 bits per heavy atom. The summed E-state index contributed by atoms with van der Waals surface area (Å²) in [6.07, 6.45) is 3.53. The van der Waals surface area contributed by atoms with Crippen LogP contribution >= 0.6 is 23.4 Å². The van der Waals surface area contributed by atoms with Crippen LogP contribution in [0, 0.1) is 0 Å². The summed E-state index contributed by atoms with van der Waals surface area (Å²) in [5.74, 6) is 1.39. The van der Waals surface area contributed by atoms with Gasteiger partial charge in [0.2, 0.25) is 0 Å². The number of anilines is 1. The fourth-order valence-electron chi connectivity index (χ4n) is 0.821. The highest BCUT2D eigenvalue weighted by Gasteiger charge is 2.01. The van der Waals surface area contributed by atoms with Crippen molar-refractivity contribution in [2.75, 3.05) is 17.5 Å². The van der Waals surface area contributed by atoms with Crippen LogP contribution in [0.1, 0.15) is 6.92 Å². The van der Waals surface area contributed by atoms with Crippen molar-refractivity contribution in [3.05, 3.63) is 12.4 Å².